The first-order valence-corrected chi connectivity index (χ1v) is 20.5. The van der Waals surface area contributed by atoms with Gasteiger partial charge in [0.1, 0.15) is 0 Å². The Morgan fingerprint density at radius 2 is 1.34 bits per heavy atom. The number of rotatable bonds is 17. The molecule has 0 aliphatic carbocycles. The summed E-state index contributed by atoms with van der Waals surface area (Å²) in [6.07, 6.45) is 12.1. The van der Waals surface area contributed by atoms with E-state index in [9.17, 15) is 4.79 Å². The molecule has 180 valence electrons. The fourth-order valence-corrected chi connectivity index (χ4v) is 23.0. The minimum atomic E-state index is -2.67. The van der Waals surface area contributed by atoms with Crippen molar-refractivity contribution >= 4 is 29.9 Å². The SMILES string of the molecule is C=C(C/C(=[C](\CCCC)[Sn]([CH2]CCC)([CH2]CCC)[CH2]CCC)c1ccccc1)C(=O)OC. The Balaban J connectivity index is 3.76. The summed E-state index contributed by atoms with van der Waals surface area (Å²) in [6, 6.07) is 10.8. The van der Waals surface area contributed by atoms with E-state index in [2.05, 4.69) is 64.6 Å². The normalized spacial score (nSPS) is 12.4. The Morgan fingerprint density at radius 3 is 1.78 bits per heavy atom. The van der Waals surface area contributed by atoms with Crippen molar-refractivity contribution in [3.8, 4) is 0 Å². The molecule has 0 bridgehead atoms. The summed E-state index contributed by atoms with van der Waals surface area (Å²) >= 11 is -2.67. The first kappa shape index (κ1) is 29.0. The van der Waals surface area contributed by atoms with Crippen molar-refractivity contribution in [2.45, 2.75) is 105 Å². The van der Waals surface area contributed by atoms with E-state index < -0.39 is 18.4 Å². The maximum absolute atomic E-state index is 12.4. The van der Waals surface area contributed by atoms with Crippen molar-refractivity contribution in [1.29, 1.82) is 0 Å². The minimum absolute atomic E-state index is 0.273. The van der Waals surface area contributed by atoms with E-state index >= 15 is 0 Å². The zero-order chi connectivity index (χ0) is 23.8. The Labute approximate surface area is 202 Å². The summed E-state index contributed by atoms with van der Waals surface area (Å²) in [5.41, 5.74) is 3.28. The number of hydrogen-bond donors (Lipinski definition) is 0. The molecule has 0 aliphatic heterocycles. The van der Waals surface area contributed by atoms with Crippen molar-refractivity contribution in [3.63, 3.8) is 0 Å². The van der Waals surface area contributed by atoms with E-state index in [4.69, 9.17) is 4.74 Å². The van der Waals surface area contributed by atoms with Gasteiger partial charge in [0.15, 0.2) is 0 Å². The molecule has 0 saturated heterocycles. The van der Waals surface area contributed by atoms with Crippen LogP contribution >= 0.6 is 0 Å². The molecule has 0 radical (unpaired) electrons. The standard InChI is InChI=1S/C17H21O2.3C4H9.Sn/c1-4-5-7-12-16(13-14(2)17(18)19-3)15-10-8-6-9-11-15;3*1-3-4-2;/h6,8-11H,2,4-5,7,13H2,1,3H3;3*1,3-4H2,2H3;. The number of methoxy groups -OCH3 is 1. The maximum atomic E-state index is 12.4. The average molecular weight is 547 g/mol. The predicted molar refractivity (Wildman–Crippen MR) is 144 cm³/mol. The van der Waals surface area contributed by atoms with Crippen molar-refractivity contribution in [2.24, 2.45) is 0 Å². The quantitative estimate of drug-likeness (QED) is 0.110. The predicted octanol–water partition coefficient (Wildman–Crippen LogP) is 9.14. The first-order chi connectivity index (χ1) is 15.5. The second-order valence-corrected chi connectivity index (χ2v) is 22.6. The zero-order valence-electron chi connectivity index (χ0n) is 21.6. The Kier molecular flexibility index (Phi) is 15.0. The summed E-state index contributed by atoms with van der Waals surface area (Å²) in [5.74, 6) is -0.273. The Hall–Kier alpha value is -1.03. The van der Waals surface area contributed by atoms with Gasteiger partial charge in [-0.05, 0) is 0 Å². The number of unbranched alkanes of at least 4 members (excludes halogenated alkanes) is 4. The van der Waals surface area contributed by atoms with Gasteiger partial charge in [-0.25, -0.2) is 0 Å². The molecule has 0 spiro atoms. The van der Waals surface area contributed by atoms with Crippen LogP contribution < -0.4 is 0 Å². The Morgan fingerprint density at radius 1 is 0.844 bits per heavy atom. The van der Waals surface area contributed by atoms with Gasteiger partial charge in [0.2, 0.25) is 0 Å². The summed E-state index contributed by atoms with van der Waals surface area (Å²) in [5, 5.41) is 0. The molecule has 1 aromatic carbocycles. The molecule has 0 amide bonds. The number of carbonyl (C=O) groups is 1. The molecule has 0 unspecified atom stereocenters. The molecule has 0 aromatic heterocycles. The first-order valence-electron chi connectivity index (χ1n) is 13.0. The van der Waals surface area contributed by atoms with Crippen LogP contribution in [0.25, 0.3) is 5.57 Å². The number of allylic oxidation sites excluding steroid dienone is 2. The van der Waals surface area contributed by atoms with Crippen LogP contribution in [0, 0.1) is 0 Å². The molecule has 1 rings (SSSR count). The number of ether oxygens (including phenoxy) is 1. The van der Waals surface area contributed by atoms with Gasteiger partial charge in [-0.15, -0.1) is 0 Å². The molecule has 1 aromatic rings. The third-order valence-corrected chi connectivity index (χ3v) is 23.2. The van der Waals surface area contributed by atoms with Gasteiger partial charge in [-0.2, -0.15) is 0 Å². The van der Waals surface area contributed by atoms with Gasteiger partial charge >= 0.3 is 203 Å². The van der Waals surface area contributed by atoms with Crippen LogP contribution in [0.2, 0.25) is 13.3 Å². The average Bonchev–Trinajstić information content (AvgIpc) is 2.83. The van der Waals surface area contributed by atoms with E-state index in [1.165, 1.54) is 89.3 Å². The van der Waals surface area contributed by atoms with E-state index in [-0.39, 0.29) is 5.97 Å². The summed E-state index contributed by atoms with van der Waals surface area (Å²) in [7, 11) is 1.46. The fraction of sp³-hybridized carbons (Fsp3) is 0.621. The Bertz CT molecular complexity index is 683. The molecule has 0 fully saturated rings. The van der Waals surface area contributed by atoms with Crippen LogP contribution in [0.5, 0.6) is 0 Å². The van der Waals surface area contributed by atoms with Crippen LogP contribution in [0.1, 0.15) is 97.5 Å². The molecule has 0 heterocycles. The monoisotopic (exact) mass is 548 g/mol. The second-order valence-electron chi connectivity index (χ2n) is 9.29. The van der Waals surface area contributed by atoms with E-state index in [0.29, 0.717) is 12.0 Å². The molecule has 0 saturated carbocycles. The fourth-order valence-electron chi connectivity index (χ4n) is 4.92. The topological polar surface area (TPSA) is 26.3 Å². The van der Waals surface area contributed by atoms with Crippen molar-refractivity contribution in [2.75, 3.05) is 7.11 Å². The van der Waals surface area contributed by atoms with E-state index in [0.717, 1.165) is 0 Å². The second kappa shape index (κ2) is 16.6. The van der Waals surface area contributed by atoms with Gasteiger partial charge in [0.05, 0.1) is 0 Å². The molecule has 32 heavy (non-hydrogen) atoms. The van der Waals surface area contributed by atoms with Crippen LogP contribution in [-0.4, -0.2) is 31.5 Å². The van der Waals surface area contributed by atoms with Crippen LogP contribution in [-0.2, 0) is 9.53 Å². The van der Waals surface area contributed by atoms with Crippen molar-refractivity contribution in [3.05, 3.63) is 51.6 Å². The number of benzene rings is 1. The summed E-state index contributed by atoms with van der Waals surface area (Å²) in [6.45, 7) is 13.4. The zero-order valence-corrected chi connectivity index (χ0v) is 24.5. The molecular formula is C29H48O2Sn. The van der Waals surface area contributed by atoms with Crippen molar-refractivity contribution in [1.82, 2.24) is 0 Å². The van der Waals surface area contributed by atoms with Gasteiger partial charge in [0.25, 0.3) is 0 Å². The van der Waals surface area contributed by atoms with Gasteiger partial charge in [-0.3, -0.25) is 0 Å². The molecular weight excluding hydrogens is 499 g/mol. The van der Waals surface area contributed by atoms with Crippen LogP contribution in [0.15, 0.2) is 46.1 Å². The molecule has 0 atom stereocenters. The molecule has 3 heteroatoms. The summed E-state index contributed by atoms with van der Waals surface area (Å²) < 4.78 is 11.2. The van der Waals surface area contributed by atoms with Gasteiger partial charge < -0.3 is 0 Å². The van der Waals surface area contributed by atoms with E-state index in [1.807, 2.05) is 0 Å². The van der Waals surface area contributed by atoms with E-state index in [1.54, 1.807) is 3.59 Å². The van der Waals surface area contributed by atoms with Crippen molar-refractivity contribution < 1.29 is 9.53 Å². The number of esters is 1. The summed E-state index contributed by atoms with van der Waals surface area (Å²) in [4.78, 5) is 12.4. The van der Waals surface area contributed by atoms with Gasteiger partial charge in [-0.1, -0.05) is 0 Å². The molecule has 0 N–H and O–H groups in total. The number of hydrogen-bond acceptors (Lipinski definition) is 2. The van der Waals surface area contributed by atoms with Gasteiger partial charge in [0, 0.05) is 0 Å². The third kappa shape index (κ3) is 9.08. The third-order valence-electron chi connectivity index (χ3n) is 6.80. The van der Waals surface area contributed by atoms with Crippen LogP contribution in [0.3, 0.4) is 0 Å². The molecule has 2 nitrogen and oxygen atoms in total. The molecule has 0 aliphatic rings. The number of carbonyl (C=O) groups excluding carboxylic acids is 1. The van der Waals surface area contributed by atoms with Crippen LogP contribution in [0.4, 0.5) is 0 Å².